The fraction of sp³-hybridized carbons (Fsp3) is 0.278. The van der Waals surface area contributed by atoms with E-state index in [1.807, 2.05) is 22.6 Å². The van der Waals surface area contributed by atoms with Crippen LogP contribution in [0.25, 0.3) is 0 Å². The van der Waals surface area contributed by atoms with Gasteiger partial charge in [0.2, 0.25) is 0 Å². The second-order valence-corrected chi connectivity index (χ2v) is 6.79. The number of carbonyl (C=O) groups is 1. The predicted molar refractivity (Wildman–Crippen MR) is 100 cm³/mol. The first-order valence-corrected chi connectivity index (χ1v) is 8.77. The molecule has 0 spiro atoms. The van der Waals surface area contributed by atoms with Gasteiger partial charge in [-0.25, -0.2) is 4.39 Å². The highest BCUT2D eigenvalue weighted by Crippen LogP contribution is 2.26. The average Bonchev–Trinajstić information content (AvgIpc) is 2.57. The molecular formula is C18H19FINO4. The number of benzene rings is 2. The molecule has 0 aromatic heterocycles. The fourth-order valence-electron chi connectivity index (χ4n) is 2.39. The van der Waals surface area contributed by atoms with Crippen LogP contribution in [-0.4, -0.2) is 35.4 Å². The summed E-state index contributed by atoms with van der Waals surface area (Å²) in [7, 11) is 0. The van der Waals surface area contributed by atoms with Crippen molar-refractivity contribution in [1.29, 1.82) is 0 Å². The Morgan fingerprint density at radius 3 is 2.68 bits per heavy atom. The standard InChI is InChI=1S/C18H19FINO4/c19-15-9-13(20)5-4-11(15)8-12-2-1-3-16(17(12)18(21)24)25-7-6-14(23)10-22/h1-5,9,14,22-23H,6-8,10H2,(H2,21,24)/t14-/m1/s1. The van der Waals surface area contributed by atoms with Gasteiger partial charge in [-0.2, -0.15) is 0 Å². The molecule has 2 aromatic carbocycles. The van der Waals surface area contributed by atoms with Crippen molar-refractivity contribution in [3.63, 3.8) is 0 Å². The maximum Gasteiger partial charge on any atom is 0.252 e. The number of hydrogen-bond donors (Lipinski definition) is 3. The largest absolute Gasteiger partial charge is 0.493 e. The van der Waals surface area contributed by atoms with Crippen molar-refractivity contribution in [3.05, 3.63) is 62.5 Å². The highest BCUT2D eigenvalue weighted by atomic mass is 127. The number of aliphatic hydroxyl groups is 2. The predicted octanol–water partition coefficient (Wildman–Crippen LogP) is 2.24. The molecule has 0 fully saturated rings. The van der Waals surface area contributed by atoms with E-state index in [0.717, 1.165) is 3.57 Å². The third-order valence-electron chi connectivity index (χ3n) is 3.67. The molecule has 0 saturated heterocycles. The molecule has 25 heavy (non-hydrogen) atoms. The number of halogens is 2. The lowest BCUT2D eigenvalue weighted by atomic mass is 9.98. The molecule has 0 aliphatic carbocycles. The van der Waals surface area contributed by atoms with Crippen LogP contribution in [0, 0.1) is 9.39 Å². The Labute approximate surface area is 158 Å². The number of aliphatic hydroxyl groups excluding tert-OH is 2. The van der Waals surface area contributed by atoms with E-state index in [1.54, 1.807) is 30.3 Å². The van der Waals surface area contributed by atoms with Gasteiger partial charge in [0.25, 0.3) is 5.91 Å². The van der Waals surface area contributed by atoms with E-state index < -0.39 is 12.0 Å². The van der Waals surface area contributed by atoms with Gasteiger partial charge < -0.3 is 20.7 Å². The van der Waals surface area contributed by atoms with Gasteiger partial charge in [-0.3, -0.25) is 4.79 Å². The zero-order valence-corrected chi connectivity index (χ0v) is 15.6. The highest BCUT2D eigenvalue weighted by molar-refractivity contribution is 14.1. The summed E-state index contributed by atoms with van der Waals surface area (Å²) in [5.74, 6) is -0.736. The zero-order chi connectivity index (χ0) is 18.4. The lowest BCUT2D eigenvalue weighted by Gasteiger charge is -2.15. The van der Waals surface area contributed by atoms with E-state index in [0.29, 0.717) is 11.1 Å². The summed E-state index contributed by atoms with van der Waals surface area (Å²) in [5, 5.41) is 18.2. The van der Waals surface area contributed by atoms with Crippen LogP contribution in [0.3, 0.4) is 0 Å². The molecule has 0 heterocycles. The quantitative estimate of drug-likeness (QED) is 0.529. The minimum atomic E-state index is -0.888. The molecule has 4 N–H and O–H groups in total. The van der Waals surface area contributed by atoms with Crippen LogP contribution >= 0.6 is 22.6 Å². The van der Waals surface area contributed by atoms with Gasteiger partial charge in [0.05, 0.1) is 24.9 Å². The summed E-state index contributed by atoms with van der Waals surface area (Å²) >= 11 is 2.03. The van der Waals surface area contributed by atoms with Crippen molar-refractivity contribution < 1.29 is 24.1 Å². The monoisotopic (exact) mass is 459 g/mol. The molecule has 2 rings (SSSR count). The van der Waals surface area contributed by atoms with Gasteiger partial charge in [-0.05, 0) is 51.9 Å². The van der Waals surface area contributed by atoms with Crippen LogP contribution in [-0.2, 0) is 6.42 Å². The first-order chi connectivity index (χ1) is 11.9. The third kappa shape index (κ3) is 5.38. The summed E-state index contributed by atoms with van der Waals surface area (Å²) in [5.41, 5.74) is 6.70. The summed E-state index contributed by atoms with van der Waals surface area (Å²) < 4.78 is 20.4. The highest BCUT2D eigenvalue weighted by Gasteiger charge is 2.17. The van der Waals surface area contributed by atoms with Crippen LogP contribution in [0.1, 0.15) is 27.9 Å². The molecule has 134 valence electrons. The van der Waals surface area contributed by atoms with Crippen molar-refractivity contribution in [3.8, 4) is 5.75 Å². The van der Waals surface area contributed by atoms with Crippen molar-refractivity contribution >= 4 is 28.5 Å². The maximum atomic E-state index is 14.1. The van der Waals surface area contributed by atoms with Crippen LogP contribution in [0.5, 0.6) is 5.75 Å². The smallest absolute Gasteiger partial charge is 0.252 e. The Hall–Kier alpha value is -1.71. The molecule has 7 heteroatoms. The number of ether oxygens (including phenoxy) is 1. The molecule has 0 aliphatic heterocycles. The Morgan fingerprint density at radius 2 is 2.04 bits per heavy atom. The van der Waals surface area contributed by atoms with Gasteiger partial charge in [-0.1, -0.05) is 18.2 Å². The lowest BCUT2D eigenvalue weighted by Crippen LogP contribution is -2.19. The number of hydrogen-bond acceptors (Lipinski definition) is 4. The zero-order valence-electron chi connectivity index (χ0n) is 13.4. The van der Waals surface area contributed by atoms with E-state index in [9.17, 15) is 14.3 Å². The summed E-state index contributed by atoms with van der Waals surface area (Å²) in [6, 6.07) is 9.89. The Kier molecular flexibility index (Phi) is 7.15. The first kappa shape index (κ1) is 19.6. The SMILES string of the molecule is NC(=O)c1c(Cc2ccc(I)cc2F)cccc1OCC[C@@H](O)CO. The lowest BCUT2D eigenvalue weighted by molar-refractivity contribution is 0.0751. The van der Waals surface area contributed by atoms with Gasteiger partial charge >= 0.3 is 0 Å². The van der Waals surface area contributed by atoms with E-state index in [1.165, 1.54) is 6.07 Å². The minimum absolute atomic E-state index is 0.114. The van der Waals surface area contributed by atoms with Gasteiger partial charge in [0.1, 0.15) is 11.6 Å². The minimum Gasteiger partial charge on any atom is -0.493 e. The topological polar surface area (TPSA) is 92.8 Å². The summed E-state index contributed by atoms with van der Waals surface area (Å²) in [6.07, 6.45) is -0.469. The molecule has 0 aliphatic rings. The summed E-state index contributed by atoms with van der Waals surface area (Å²) in [4.78, 5) is 11.9. The van der Waals surface area contributed by atoms with Gasteiger partial charge in [0, 0.05) is 16.4 Å². The van der Waals surface area contributed by atoms with Gasteiger partial charge in [0.15, 0.2) is 0 Å². The van der Waals surface area contributed by atoms with Crippen LogP contribution < -0.4 is 10.5 Å². The van der Waals surface area contributed by atoms with Crippen LogP contribution in [0.15, 0.2) is 36.4 Å². The van der Waals surface area contributed by atoms with Crippen molar-refractivity contribution in [2.75, 3.05) is 13.2 Å². The number of primary amides is 1. The molecular weight excluding hydrogens is 440 g/mol. The Morgan fingerprint density at radius 1 is 1.28 bits per heavy atom. The Bertz CT molecular complexity index is 754. The fourth-order valence-corrected chi connectivity index (χ4v) is 2.84. The number of amides is 1. The van der Waals surface area contributed by atoms with Crippen molar-refractivity contribution in [2.45, 2.75) is 18.9 Å². The molecule has 2 aromatic rings. The average molecular weight is 459 g/mol. The molecule has 0 radical (unpaired) electrons. The van der Waals surface area contributed by atoms with E-state index in [-0.39, 0.29) is 43.2 Å². The number of carbonyl (C=O) groups excluding carboxylic acids is 1. The second-order valence-electron chi connectivity index (χ2n) is 5.54. The van der Waals surface area contributed by atoms with E-state index in [2.05, 4.69) is 0 Å². The molecule has 0 bridgehead atoms. The third-order valence-corrected chi connectivity index (χ3v) is 4.35. The summed E-state index contributed by atoms with van der Waals surface area (Å²) in [6.45, 7) is -0.248. The number of rotatable bonds is 8. The van der Waals surface area contributed by atoms with E-state index in [4.69, 9.17) is 15.6 Å². The molecule has 1 atom stereocenters. The molecule has 0 unspecified atom stereocenters. The maximum absolute atomic E-state index is 14.1. The van der Waals surface area contributed by atoms with Crippen molar-refractivity contribution in [2.24, 2.45) is 5.73 Å². The van der Waals surface area contributed by atoms with Crippen LogP contribution in [0.2, 0.25) is 0 Å². The Balaban J connectivity index is 2.25. The second kappa shape index (κ2) is 9.12. The van der Waals surface area contributed by atoms with Gasteiger partial charge in [-0.15, -0.1) is 0 Å². The van der Waals surface area contributed by atoms with E-state index >= 15 is 0 Å². The normalized spacial score (nSPS) is 12.0. The first-order valence-electron chi connectivity index (χ1n) is 7.69. The molecule has 1 amide bonds. The van der Waals surface area contributed by atoms with Crippen LogP contribution in [0.4, 0.5) is 4.39 Å². The van der Waals surface area contributed by atoms with Crippen molar-refractivity contribution in [1.82, 2.24) is 0 Å². The number of nitrogens with two attached hydrogens (primary N) is 1. The molecule has 0 saturated carbocycles. The molecule has 5 nitrogen and oxygen atoms in total.